The number of amides is 1. The Kier molecular flexibility index (Phi) is 6.67. The fraction of sp³-hybridized carbons (Fsp3) is 0.409. The fourth-order valence-corrected chi connectivity index (χ4v) is 4.33. The van der Waals surface area contributed by atoms with Gasteiger partial charge in [-0.25, -0.2) is 0 Å². The summed E-state index contributed by atoms with van der Waals surface area (Å²) in [4.78, 5) is 13.4. The van der Waals surface area contributed by atoms with Gasteiger partial charge < -0.3 is 10.1 Å². The molecule has 1 aliphatic rings. The number of benzene rings is 2. The van der Waals surface area contributed by atoms with Gasteiger partial charge in [-0.3, -0.25) is 4.79 Å². The Bertz CT molecular complexity index is 801. The summed E-state index contributed by atoms with van der Waals surface area (Å²) in [6.45, 7) is 2.65. The maximum Gasteiger partial charge on any atom is 0.235 e. The minimum atomic E-state index is -0.597. The zero-order valence-electron chi connectivity index (χ0n) is 15.6. The Morgan fingerprint density at radius 1 is 1.07 bits per heavy atom. The molecule has 1 aliphatic carbocycles. The summed E-state index contributed by atoms with van der Waals surface area (Å²) in [5.74, 6) is 0.614. The smallest absolute Gasteiger partial charge is 0.235 e. The van der Waals surface area contributed by atoms with E-state index in [1.165, 1.54) is 0 Å². The molecule has 0 unspecified atom stereocenters. The molecule has 0 spiro atoms. The zero-order valence-corrected chi connectivity index (χ0v) is 17.1. The first-order valence-electron chi connectivity index (χ1n) is 9.55. The van der Waals surface area contributed by atoms with Crippen LogP contribution < -0.4 is 10.1 Å². The molecule has 0 radical (unpaired) electrons. The van der Waals surface area contributed by atoms with E-state index < -0.39 is 5.41 Å². The number of carbonyl (C=O) groups excluding carboxylic acids is 1. The third-order valence-corrected chi connectivity index (χ3v) is 5.81. The van der Waals surface area contributed by atoms with Crippen molar-refractivity contribution in [1.82, 2.24) is 0 Å². The average Bonchev–Trinajstić information content (AvgIpc) is 2.68. The molecule has 0 aromatic heterocycles. The summed E-state index contributed by atoms with van der Waals surface area (Å²) in [6.07, 6.45) is 5.69. The molecule has 0 bridgehead atoms. The van der Waals surface area contributed by atoms with Crippen LogP contribution >= 0.6 is 23.2 Å². The van der Waals surface area contributed by atoms with Crippen LogP contribution in [0.4, 0.5) is 5.69 Å². The van der Waals surface area contributed by atoms with Crippen molar-refractivity contribution in [2.45, 2.75) is 50.9 Å². The second-order valence-corrected chi connectivity index (χ2v) is 7.88. The van der Waals surface area contributed by atoms with E-state index in [9.17, 15) is 4.79 Å². The van der Waals surface area contributed by atoms with Gasteiger partial charge in [-0.2, -0.15) is 0 Å². The van der Waals surface area contributed by atoms with E-state index in [4.69, 9.17) is 27.9 Å². The van der Waals surface area contributed by atoms with Crippen LogP contribution in [0.3, 0.4) is 0 Å². The summed E-state index contributed by atoms with van der Waals surface area (Å²) in [5, 5.41) is 4.21. The predicted molar refractivity (Wildman–Crippen MR) is 112 cm³/mol. The average molecular weight is 406 g/mol. The van der Waals surface area contributed by atoms with Crippen LogP contribution in [0, 0.1) is 0 Å². The van der Waals surface area contributed by atoms with Crippen molar-refractivity contribution in [2.24, 2.45) is 0 Å². The van der Waals surface area contributed by atoms with Gasteiger partial charge in [0.15, 0.2) is 0 Å². The molecule has 3 nitrogen and oxygen atoms in total. The topological polar surface area (TPSA) is 38.3 Å². The van der Waals surface area contributed by atoms with E-state index in [0.717, 1.165) is 44.1 Å². The molecule has 2 aromatic rings. The van der Waals surface area contributed by atoms with Gasteiger partial charge in [0.1, 0.15) is 5.75 Å². The van der Waals surface area contributed by atoms with Gasteiger partial charge in [-0.1, -0.05) is 67.6 Å². The van der Waals surface area contributed by atoms with E-state index in [1.54, 1.807) is 12.1 Å². The monoisotopic (exact) mass is 405 g/mol. The summed E-state index contributed by atoms with van der Waals surface area (Å²) >= 11 is 12.8. The molecule has 3 rings (SSSR count). The first-order valence-corrected chi connectivity index (χ1v) is 10.3. The highest BCUT2D eigenvalue weighted by atomic mass is 35.5. The number of anilines is 1. The number of nitrogens with one attached hydrogen (secondary N) is 1. The van der Waals surface area contributed by atoms with Gasteiger partial charge >= 0.3 is 0 Å². The van der Waals surface area contributed by atoms with Gasteiger partial charge in [0.25, 0.3) is 0 Å². The minimum Gasteiger partial charge on any atom is -0.492 e. The third kappa shape index (κ3) is 4.41. The van der Waals surface area contributed by atoms with Gasteiger partial charge in [0, 0.05) is 10.7 Å². The summed E-state index contributed by atoms with van der Waals surface area (Å²) in [5.41, 5.74) is 0.990. The Hall–Kier alpha value is -1.71. The van der Waals surface area contributed by atoms with E-state index in [0.29, 0.717) is 28.1 Å². The molecule has 0 aliphatic heterocycles. The van der Waals surface area contributed by atoms with Crippen LogP contribution in [0.25, 0.3) is 0 Å². The number of carbonyl (C=O) groups is 1. The fourth-order valence-electron chi connectivity index (χ4n) is 3.78. The lowest BCUT2D eigenvalue weighted by Gasteiger charge is -2.37. The quantitative estimate of drug-likeness (QED) is 0.585. The zero-order chi connectivity index (χ0) is 19.3. The second-order valence-electron chi connectivity index (χ2n) is 7.07. The first kappa shape index (κ1) is 20.0. The molecule has 1 amide bonds. The Morgan fingerprint density at radius 2 is 1.81 bits per heavy atom. The molecule has 5 heteroatoms. The Balaban J connectivity index is 1.86. The molecular formula is C22H25Cl2NO2. The number of halogens is 2. The summed E-state index contributed by atoms with van der Waals surface area (Å²) < 4.78 is 5.61. The van der Waals surface area contributed by atoms with Gasteiger partial charge in [-0.15, -0.1) is 0 Å². The summed E-state index contributed by atoms with van der Waals surface area (Å²) in [6, 6.07) is 13.1. The number of rotatable bonds is 6. The van der Waals surface area contributed by atoms with E-state index in [-0.39, 0.29) is 5.91 Å². The Labute approximate surface area is 171 Å². The largest absolute Gasteiger partial charge is 0.492 e. The normalized spacial score (nSPS) is 16.0. The van der Waals surface area contributed by atoms with Crippen molar-refractivity contribution in [3.63, 3.8) is 0 Å². The van der Waals surface area contributed by atoms with E-state index in [1.807, 2.05) is 37.3 Å². The van der Waals surface area contributed by atoms with Crippen LogP contribution in [0.15, 0.2) is 42.5 Å². The van der Waals surface area contributed by atoms with Crippen LogP contribution in [0.5, 0.6) is 5.75 Å². The SMILES string of the molecule is CCCOc1ccc(NC(=O)C2(c3ccccc3Cl)CCCCC2)cc1Cl. The molecular weight excluding hydrogens is 381 g/mol. The second kappa shape index (κ2) is 8.99. The summed E-state index contributed by atoms with van der Waals surface area (Å²) in [7, 11) is 0. The Morgan fingerprint density at radius 3 is 2.48 bits per heavy atom. The molecule has 2 aromatic carbocycles. The standard InChI is InChI=1S/C22H25Cl2NO2/c1-2-14-27-20-11-10-16(15-19(20)24)25-21(26)22(12-6-3-7-13-22)17-8-4-5-9-18(17)23/h4-5,8-11,15H,2-3,6-7,12-14H2,1H3,(H,25,26). The molecule has 1 saturated carbocycles. The van der Waals surface area contributed by atoms with E-state index >= 15 is 0 Å². The van der Waals surface area contributed by atoms with Gasteiger partial charge in [0.05, 0.1) is 17.0 Å². The number of hydrogen-bond acceptors (Lipinski definition) is 2. The van der Waals surface area contributed by atoms with Gasteiger partial charge in [-0.05, 0) is 49.1 Å². The molecule has 0 heterocycles. The van der Waals surface area contributed by atoms with Crippen molar-refractivity contribution in [2.75, 3.05) is 11.9 Å². The number of hydrogen-bond donors (Lipinski definition) is 1. The molecule has 0 atom stereocenters. The van der Waals surface area contributed by atoms with Crippen molar-refractivity contribution in [3.8, 4) is 5.75 Å². The van der Waals surface area contributed by atoms with Crippen LogP contribution in [0.1, 0.15) is 51.0 Å². The predicted octanol–water partition coefficient (Wildman–Crippen LogP) is 6.62. The van der Waals surface area contributed by atoms with Crippen molar-refractivity contribution >= 4 is 34.8 Å². The van der Waals surface area contributed by atoms with Crippen LogP contribution in [0.2, 0.25) is 10.0 Å². The minimum absolute atomic E-state index is 0.0198. The molecule has 144 valence electrons. The molecule has 0 saturated heterocycles. The highest BCUT2D eigenvalue weighted by molar-refractivity contribution is 6.32. The highest BCUT2D eigenvalue weighted by Crippen LogP contribution is 2.43. The lowest BCUT2D eigenvalue weighted by atomic mass is 9.68. The molecule has 1 fully saturated rings. The van der Waals surface area contributed by atoms with Crippen molar-refractivity contribution in [3.05, 3.63) is 58.1 Å². The van der Waals surface area contributed by atoms with Crippen LogP contribution in [-0.4, -0.2) is 12.5 Å². The third-order valence-electron chi connectivity index (χ3n) is 5.18. The molecule has 27 heavy (non-hydrogen) atoms. The van der Waals surface area contributed by atoms with Gasteiger partial charge in [0.2, 0.25) is 5.91 Å². The van der Waals surface area contributed by atoms with E-state index in [2.05, 4.69) is 5.32 Å². The van der Waals surface area contributed by atoms with Crippen molar-refractivity contribution in [1.29, 1.82) is 0 Å². The lowest BCUT2D eigenvalue weighted by Crippen LogP contribution is -2.42. The lowest BCUT2D eigenvalue weighted by molar-refractivity contribution is -0.122. The van der Waals surface area contributed by atoms with Crippen molar-refractivity contribution < 1.29 is 9.53 Å². The molecule has 1 N–H and O–H groups in total. The first-order chi connectivity index (χ1) is 13.1. The maximum absolute atomic E-state index is 13.4. The maximum atomic E-state index is 13.4. The number of ether oxygens (including phenoxy) is 1. The van der Waals surface area contributed by atoms with Crippen LogP contribution in [-0.2, 0) is 10.2 Å². The highest BCUT2D eigenvalue weighted by Gasteiger charge is 2.42.